The molecule has 15 heavy (non-hydrogen) atoms. The summed E-state index contributed by atoms with van der Waals surface area (Å²) in [5.74, 6) is 2.04. The van der Waals surface area contributed by atoms with Crippen molar-refractivity contribution in [2.75, 3.05) is 21.0 Å². The van der Waals surface area contributed by atoms with E-state index in [1.165, 1.54) is 0 Å². The molecule has 1 aromatic rings. The number of rotatable bonds is 5. The Bertz CT molecular complexity index is 308. The molecule has 0 radical (unpaired) electrons. The SMILES string of the molecule is COCOc1cccc(OC)c1C(C)C. The van der Waals surface area contributed by atoms with E-state index in [0.717, 1.165) is 17.1 Å². The largest absolute Gasteiger partial charge is 0.496 e. The van der Waals surface area contributed by atoms with Crippen LogP contribution in [0.25, 0.3) is 0 Å². The van der Waals surface area contributed by atoms with E-state index >= 15 is 0 Å². The van der Waals surface area contributed by atoms with Crippen molar-refractivity contribution in [1.82, 2.24) is 0 Å². The molecule has 1 aromatic carbocycles. The average Bonchev–Trinajstić information content (AvgIpc) is 2.25. The smallest absolute Gasteiger partial charge is 0.188 e. The molecule has 0 N–H and O–H groups in total. The summed E-state index contributed by atoms with van der Waals surface area (Å²) in [4.78, 5) is 0. The lowest BCUT2D eigenvalue weighted by atomic mass is 10.0. The maximum Gasteiger partial charge on any atom is 0.188 e. The van der Waals surface area contributed by atoms with Crippen molar-refractivity contribution in [3.05, 3.63) is 23.8 Å². The predicted octanol–water partition coefficient (Wildman–Crippen LogP) is 2.80. The topological polar surface area (TPSA) is 27.7 Å². The van der Waals surface area contributed by atoms with Gasteiger partial charge >= 0.3 is 0 Å². The Morgan fingerprint density at radius 1 is 1.13 bits per heavy atom. The minimum atomic E-state index is 0.257. The van der Waals surface area contributed by atoms with Gasteiger partial charge in [0.1, 0.15) is 11.5 Å². The number of ether oxygens (including phenoxy) is 3. The first-order valence-electron chi connectivity index (χ1n) is 4.99. The zero-order valence-corrected chi connectivity index (χ0v) is 9.74. The van der Waals surface area contributed by atoms with Crippen LogP contribution in [0.1, 0.15) is 25.3 Å². The molecule has 0 aromatic heterocycles. The molecule has 0 saturated heterocycles. The van der Waals surface area contributed by atoms with Gasteiger partial charge in [-0.2, -0.15) is 0 Å². The van der Waals surface area contributed by atoms with Crippen LogP contribution in [0.5, 0.6) is 11.5 Å². The van der Waals surface area contributed by atoms with E-state index in [4.69, 9.17) is 14.2 Å². The average molecular weight is 210 g/mol. The maximum atomic E-state index is 5.49. The summed E-state index contributed by atoms with van der Waals surface area (Å²) >= 11 is 0. The minimum absolute atomic E-state index is 0.257. The van der Waals surface area contributed by atoms with Gasteiger partial charge in [0.15, 0.2) is 6.79 Å². The predicted molar refractivity (Wildman–Crippen MR) is 59.6 cm³/mol. The van der Waals surface area contributed by atoms with Crippen LogP contribution in [0.15, 0.2) is 18.2 Å². The summed E-state index contributed by atoms with van der Waals surface area (Å²) in [6, 6.07) is 5.78. The second-order valence-electron chi connectivity index (χ2n) is 3.58. The standard InChI is InChI=1S/C12H18O3/c1-9(2)12-10(14-4)6-5-7-11(12)15-8-13-3/h5-7,9H,8H2,1-4H3. The van der Waals surface area contributed by atoms with E-state index in [2.05, 4.69) is 13.8 Å². The Kier molecular flexibility index (Phi) is 4.43. The molecule has 0 aliphatic heterocycles. The van der Waals surface area contributed by atoms with Gasteiger partial charge in [0, 0.05) is 12.7 Å². The van der Waals surface area contributed by atoms with Crippen molar-refractivity contribution < 1.29 is 14.2 Å². The lowest BCUT2D eigenvalue weighted by Gasteiger charge is -2.16. The first-order chi connectivity index (χ1) is 7.20. The molecule has 84 valence electrons. The van der Waals surface area contributed by atoms with Crippen molar-refractivity contribution in [3.63, 3.8) is 0 Å². The summed E-state index contributed by atoms with van der Waals surface area (Å²) in [5, 5.41) is 0. The van der Waals surface area contributed by atoms with Crippen LogP contribution in [-0.2, 0) is 4.74 Å². The summed E-state index contributed by atoms with van der Waals surface area (Å²) in [5.41, 5.74) is 1.08. The van der Waals surface area contributed by atoms with E-state index in [0.29, 0.717) is 5.92 Å². The quantitative estimate of drug-likeness (QED) is 0.699. The second-order valence-corrected chi connectivity index (χ2v) is 3.58. The molecule has 0 aliphatic carbocycles. The Morgan fingerprint density at radius 2 is 1.80 bits per heavy atom. The van der Waals surface area contributed by atoms with E-state index in [1.54, 1.807) is 14.2 Å². The van der Waals surface area contributed by atoms with E-state index in [9.17, 15) is 0 Å². The fraction of sp³-hybridized carbons (Fsp3) is 0.500. The van der Waals surface area contributed by atoms with Crippen molar-refractivity contribution in [3.8, 4) is 11.5 Å². The number of hydrogen-bond acceptors (Lipinski definition) is 3. The van der Waals surface area contributed by atoms with Crippen LogP contribution in [0, 0.1) is 0 Å². The van der Waals surface area contributed by atoms with Gasteiger partial charge in [-0.3, -0.25) is 0 Å². The molecule has 0 unspecified atom stereocenters. The number of methoxy groups -OCH3 is 2. The van der Waals surface area contributed by atoms with Gasteiger partial charge in [-0.05, 0) is 18.1 Å². The molecule has 3 nitrogen and oxygen atoms in total. The fourth-order valence-electron chi connectivity index (χ4n) is 1.52. The molecule has 0 heterocycles. The Morgan fingerprint density at radius 3 is 2.33 bits per heavy atom. The van der Waals surface area contributed by atoms with Gasteiger partial charge in [0.25, 0.3) is 0 Å². The van der Waals surface area contributed by atoms with Crippen molar-refractivity contribution in [2.24, 2.45) is 0 Å². The molecular formula is C12H18O3. The molecule has 0 saturated carbocycles. The van der Waals surface area contributed by atoms with Crippen LogP contribution in [0.2, 0.25) is 0 Å². The third-order valence-electron chi connectivity index (χ3n) is 2.16. The van der Waals surface area contributed by atoms with E-state index in [1.807, 2.05) is 18.2 Å². The molecule has 0 bridgehead atoms. The van der Waals surface area contributed by atoms with Crippen molar-refractivity contribution in [1.29, 1.82) is 0 Å². The van der Waals surface area contributed by atoms with Crippen LogP contribution in [0.4, 0.5) is 0 Å². The molecule has 1 rings (SSSR count). The molecule has 0 atom stereocenters. The van der Waals surface area contributed by atoms with Crippen LogP contribution >= 0.6 is 0 Å². The van der Waals surface area contributed by atoms with Gasteiger partial charge in [-0.25, -0.2) is 0 Å². The molecule has 0 amide bonds. The Balaban J connectivity index is 3.02. The Hall–Kier alpha value is -1.22. The zero-order valence-electron chi connectivity index (χ0n) is 9.74. The molecule has 0 fully saturated rings. The van der Waals surface area contributed by atoms with Crippen LogP contribution < -0.4 is 9.47 Å². The summed E-state index contributed by atoms with van der Waals surface area (Å²) in [6.45, 7) is 4.47. The summed E-state index contributed by atoms with van der Waals surface area (Å²) in [7, 11) is 3.27. The normalized spacial score (nSPS) is 10.5. The van der Waals surface area contributed by atoms with Crippen LogP contribution in [-0.4, -0.2) is 21.0 Å². The number of hydrogen-bond donors (Lipinski definition) is 0. The first-order valence-corrected chi connectivity index (χ1v) is 4.99. The maximum absolute atomic E-state index is 5.49. The number of benzene rings is 1. The van der Waals surface area contributed by atoms with Gasteiger partial charge in [-0.15, -0.1) is 0 Å². The highest BCUT2D eigenvalue weighted by atomic mass is 16.7. The summed E-state index contributed by atoms with van der Waals surface area (Å²) < 4.78 is 15.7. The Labute approximate surface area is 91.0 Å². The lowest BCUT2D eigenvalue weighted by Crippen LogP contribution is -2.04. The lowest BCUT2D eigenvalue weighted by molar-refractivity contribution is 0.0501. The highest BCUT2D eigenvalue weighted by Crippen LogP contribution is 2.34. The summed E-state index contributed by atoms with van der Waals surface area (Å²) in [6.07, 6.45) is 0. The zero-order chi connectivity index (χ0) is 11.3. The van der Waals surface area contributed by atoms with E-state index < -0.39 is 0 Å². The van der Waals surface area contributed by atoms with Gasteiger partial charge < -0.3 is 14.2 Å². The molecular weight excluding hydrogens is 192 g/mol. The van der Waals surface area contributed by atoms with Crippen molar-refractivity contribution in [2.45, 2.75) is 19.8 Å². The molecule has 0 spiro atoms. The monoisotopic (exact) mass is 210 g/mol. The van der Waals surface area contributed by atoms with Gasteiger partial charge in [0.2, 0.25) is 0 Å². The highest BCUT2D eigenvalue weighted by Gasteiger charge is 2.13. The van der Waals surface area contributed by atoms with Crippen LogP contribution in [0.3, 0.4) is 0 Å². The third kappa shape index (κ3) is 2.86. The third-order valence-corrected chi connectivity index (χ3v) is 2.16. The first kappa shape index (κ1) is 11.9. The van der Waals surface area contributed by atoms with E-state index in [-0.39, 0.29) is 6.79 Å². The fourth-order valence-corrected chi connectivity index (χ4v) is 1.52. The minimum Gasteiger partial charge on any atom is -0.496 e. The second kappa shape index (κ2) is 5.61. The van der Waals surface area contributed by atoms with Gasteiger partial charge in [-0.1, -0.05) is 19.9 Å². The molecule has 0 aliphatic rings. The highest BCUT2D eigenvalue weighted by molar-refractivity contribution is 5.46. The van der Waals surface area contributed by atoms with Crippen molar-refractivity contribution >= 4 is 0 Å². The molecule has 3 heteroatoms. The van der Waals surface area contributed by atoms with Gasteiger partial charge in [0.05, 0.1) is 7.11 Å².